The molecule has 1 aliphatic heterocycles. The first kappa shape index (κ1) is 23.2. The quantitative estimate of drug-likeness (QED) is 0.662. The predicted molar refractivity (Wildman–Crippen MR) is 122 cm³/mol. The highest BCUT2D eigenvalue weighted by atomic mass is 16.5. The first-order valence-corrected chi connectivity index (χ1v) is 11.1. The summed E-state index contributed by atoms with van der Waals surface area (Å²) in [6.07, 6.45) is 4.34. The Hall–Kier alpha value is -2.44. The smallest absolute Gasteiger partial charge is 0.222 e. The Bertz CT molecular complexity index is 857. The van der Waals surface area contributed by atoms with E-state index in [1.165, 1.54) is 16.7 Å². The fraction of sp³-hybridized carbons (Fsp3) is 0.520. The Labute approximate surface area is 186 Å². The molecular formula is C25H35N3O3. The van der Waals surface area contributed by atoms with E-state index >= 15 is 0 Å². The molecule has 1 aromatic heterocycles. The lowest BCUT2D eigenvalue weighted by atomic mass is 9.88. The maximum Gasteiger partial charge on any atom is 0.222 e. The van der Waals surface area contributed by atoms with Gasteiger partial charge in [-0.15, -0.1) is 0 Å². The summed E-state index contributed by atoms with van der Waals surface area (Å²) in [6.45, 7) is 7.60. The van der Waals surface area contributed by atoms with Crippen LogP contribution in [0.3, 0.4) is 0 Å². The van der Waals surface area contributed by atoms with Gasteiger partial charge in [0.15, 0.2) is 0 Å². The van der Waals surface area contributed by atoms with Crippen molar-refractivity contribution in [3.63, 3.8) is 0 Å². The maximum atomic E-state index is 12.5. The van der Waals surface area contributed by atoms with Gasteiger partial charge in [0.1, 0.15) is 5.75 Å². The second kappa shape index (κ2) is 11.3. The average molecular weight is 426 g/mol. The van der Waals surface area contributed by atoms with E-state index in [2.05, 4.69) is 41.2 Å². The molecule has 31 heavy (non-hydrogen) atoms. The Kier molecular flexibility index (Phi) is 8.43. The lowest BCUT2D eigenvalue weighted by Gasteiger charge is -2.37. The average Bonchev–Trinajstić information content (AvgIpc) is 2.80. The van der Waals surface area contributed by atoms with E-state index in [0.29, 0.717) is 18.9 Å². The van der Waals surface area contributed by atoms with E-state index in [9.17, 15) is 4.79 Å². The van der Waals surface area contributed by atoms with Crippen LogP contribution in [0, 0.1) is 19.8 Å². The van der Waals surface area contributed by atoms with Crippen LogP contribution in [-0.2, 0) is 16.1 Å². The summed E-state index contributed by atoms with van der Waals surface area (Å²) < 4.78 is 10.5. The van der Waals surface area contributed by atoms with Crippen LogP contribution in [0.15, 0.2) is 36.5 Å². The Morgan fingerprint density at radius 3 is 2.77 bits per heavy atom. The zero-order valence-electron chi connectivity index (χ0n) is 19.2. The summed E-state index contributed by atoms with van der Waals surface area (Å²) >= 11 is 0. The number of ether oxygens (including phenoxy) is 2. The number of carbonyl (C=O) groups is 1. The Morgan fingerprint density at radius 2 is 2.06 bits per heavy atom. The minimum absolute atomic E-state index is 0.0104. The fourth-order valence-corrected chi connectivity index (χ4v) is 4.43. The van der Waals surface area contributed by atoms with Gasteiger partial charge in [0.2, 0.25) is 5.91 Å². The maximum absolute atomic E-state index is 12.5. The van der Waals surface area contributed by atoms with Gasteiger partial charge in [-0.25, -0.2) is 0 Å². The van der Waals surface area contributed by atoms with Crippen LogP contribution >= 0.6 is 0 Å². The molecule has 2 atom stereocenters. The number of nitrogens with one attached hydrogen (secondary N) is 1. The van der Waals surface area contributed by atoms with E-state index in [-0.39, 0.29) is 11.9 Å². The van der Waals surface area contributed by atoms with E-state index in [4.69, 9.17) is 9.47 Å². The van der Waals surface area contributed by atoms with E-state index < -0.39 is 0 Å². The SMILES string of the molecule is COCCC(=O)N[C@H](c1ccccn1)[C@H]1CCCN(Cc2ccc(OC)c(C)c2C)C1. The molecule has 1 fully saturated rings. The lowest BCUT2D eigenvalue weighted by molar-refractivity contribution is -0.123. The molecule has 1 aromatic carbocycles. The standard InChI is InChI=1S/C25H35N3O3/c1-18-19(2)23(31-4)11-10-20(18)16-28-14-7-8-21(17-28)25(22-9-5-6-13-26-22)27-24(29)12-15-30-3/h5-6,9-11,13,21,25H,7-8,12,14-17H2,1-4H3,(H,27,29)/t21-,25-/m0/s1. The topological polar surface area (TPSA) is 63.7 Å². The summed E-state index contributed by atoms with van der Waals surface area (Å²) in [4.78, 5) is 19.6. The minimum atomic E-state index is -0.0907. The first-order chi connectivity index (χ1) is 15.0. The second-order valence-electron chi connectivity index (χ2n) is 8.36. The van der Waals surface area contributed by atoms with Gasteiger partial charge in [-0.2, -0.15) is 0 Å². The van der Waals surface area contributed by atoms with Crippen LogP contribution in [0.1, 0.15) is 47.7 Å². The first-order valence-electron chi connectivity index (χ1n) is 11.1. The number of benzene rings is 1. The third-order valence-electron chi connectivity index (χ3n) is 6.33. The van der Waals surface area contributed by atoms with Gasteiger partial charge < -0.3 is 14.8 Å². The molecule has 2 aromatic rings. The van der Waals surface area contributed by atoms with Crippen molar-refractivity contribution >= 4 is 5.91 Å². The van der Waals surface area contributed by atoms with Crippen molar-refractivity contribution in [3.05, 3.63) is 58.9 Å². The number of piperidine rings is 1. The number of pyridine rings is 1. The van der Waals surface area contributed by atoms with Crippen LogP contribution in [-0.4, -0.2) is 49.7 Å². The summed E-state index contributed by atoms with van der Waals surface area (Å²) in [7, 11) is 3.33. The lowest BCUT2D eigenvalue weighted by Crippen LogP contribution is -2.43. The Morgan fingerprint density at radius 1 is 1.23 bits per heavy atom. The van der Waals surface area contributed by atoms with Gasteiger partial charge in [0.05, 0.1) is 25.5 Å². The molecule has 1 aliphatic rings. The number of hydrogen-bond acceptors (Lipinski definition) is 5. The van der Waals surface area contributed by atoms with Crippen LogP contribution in [0.25, 0.3) is 0 Å². The molecule has 0 bridgehead atoms. The molecule has 0 unspecified atom stereocenters. The molecule has 0 saturated carbocycles. The molecule has 0 radical (unpaired) electrons. The molecule has 1 amide bonds. The second-order valence-corrected chi connectivity index (χ2v) is 8.36. The minimum Gasteiger partial charge on any atom is -0.496 e. The van der Waals surface area contributed by atoms with Gasteiger partial charge in [-0.1, -0.05) is 12.1 Å². The molecule has 6 heteroatoms. The van der Waals surface area contributed by atoms with Crippen molar-refractivity contribution in [1.82, 2.24) is 15.2 Å². The number of rotatable bonds is 9. The number of hydrogen-bond donors (Lipinski definition) is 1. The van der Waals surface area contributed by atoms with E-state index in [1.807, 2.05) is 18.2 Å². The monoisotopic (exact) mass is 425 g/mol. The van der Waals surface area contributed by atoms with Crippen LogP contribution in [0.2, 0.25) is 0 Å². The highest BCUT2D eigenvalue weighted by Crippen LogP contribution is 2.31. The van der Waals surface area contributed by atoms with Crippen molar-refractivity contribution in [2.24, 2.45) is 5.92 Å². The fourth-order valence-electron chi connectivity index (χ4n) is 4.43. The molecule has 3 rings (SSSR count). The van der Waals surface area contributed by atoms with Crippen molar-refractivity contribution < 1.29 is 14.3 Å². The molecule has 1 N–H and O–H groups in total. The van der Waals surface area contributed by atoms with E-state index in [1.54, 1.807) is 20.4 Å². The van der Waals surface area contributed by atoms with Crippen LogP contribution in [0.5, 0.6) is 5.75 Å². The number of likely N-dealkylation sites (tertiary alicyclic amines) is 1. The number of aromatic nitrogens is 1. The van der Waals surface area contributed by atoms with Gasteiger partial charge in [-0.3, -0.25) is 14.7 Å². The molecular weight excluding hydrogens is 390 g/mol. The largest absolute Gasteiger partial charge is 0.496 e. The van der Waals surface area contributed by atoms with E-state index in [0.717, 1.165) is 43.9 Å². The van der Waals surface area contributed by atoms with Crippen molar-refractivity contribution in [2.45, 2.75) is 45.7 Å². The van der Waals surface area contributed by atoms with Crippen molar-refractivity contribution in [3.8, 4) is 5.75 Å². The number of amides is 1. The highest BCUT2D eigenvalue weighted by molar-refractivity contribution is 5.76. The number of methoxy groups -OCH3 is 2. The van der Waals surface area contributed by atoms with Gasteiger partial charge >= 0.3 is 0 Å². The van der Waals surface area contributed by atoms with Crippen molar-refractivity contribution in [1.29, 1.82) is 0 Å². The highest BCUT2D eigenvalue weighted by Gasteiger charge is 2.30. The summed E-state index contributed by atoms with van der Waals surface area (Å²) in [6, 6.07) is 10.1. The summed E-state index contributed by atoms with van der Waals surface area (Å²) in [5, 5.41) is 3.23. The normalized spacial score (nSPS) is 17.9. The third-order valence-corrected chi connectivity index (χ3v) is 6.33. The molecule has 6 nitrogen and oxygen atoms in total. The third kappa shape index (κ3) is 6.05. The van der Waals surface area contributed by atoms with Crippen LogP contribution < -0.4 is 10.1 Å². The summed E-state index contributed by atoms with van der Waals surface area (Å²) in [5.74, 6) is 1.26. The van der Waals surface area contributed by atoms with Gasteiger partial charge in [-0.05, 0) is 74.0 Å². The predicted octanol–water partition coefficient (Wildman–Crippen LogP) is 3.81. The van der Waals surface area contributed by atoms with Gasteiger partial charge in [0.25, 0.3) is 0 Å². The molecule has 0 spiro atoms. The summed E-state index contributed by atoms with van der Waals surface area (Å²) in [5.41, 5.74) is 4.75. The molecule has 168 valence electrons. The number of carbonyl (C=O) groups excluding carboxylic acids is 1. The number of nitrogens with zero attached hydrogens (tertiary/aromatic N) is 2. The zero-order chi connectivity index (χ0) is 22.2. The van der Waals surface area contributed by atoms with Crippen molar-refractivity contribution in [2.75, 3.05) is 33.9 Å². The van der Waals surface area contributed by atoms with Crippen LogP contribution in [0.4, 0.5) is 0 Å². The molecule has 1 saturated heterocycles. The molecule has 0 aliphatic carbocycles. The Balaban J connectivity index is 1.74. The zero-order valence-corrected chi connectivity index (χ0v) is 19.2. The van der Waals surface area contributed by atoms with Gasteiger partial charge in [0, 0.05) is 32.8 Å². The molecule has 2 heterocycles.